The maximum atomic E-state index is 5.10. The fourth-order valence-corrected chi connectivity index (χ4v) is 6.98. The molecule has 1 radical (unpaired) electrons. The van der Waals surface area contributed by atoms with Gasteiger partial charge in [0.1, 0.15) is 0 Å². The van der Waals surface area contributed by atoms with Crippen molar-refractivity contribution in [1.82, 2.24) is 10.3 Å². The van der Waals surface area contributed by atoms with Gasteiger partial charge in [0.2, 0.25) is 0 Å². The standard InChI is InChI=1S/C27H38N3S/c1-26(2)11-12-27(3,4)23-17-21(5-6-22(23)26)24-18-31-25(29-24)30-15-9-20(10-16-30)19-7-13-28-14-8-19/h5-6,17-20H,7-16H2,1-4H3. The molecule has 2 aromatic rings. The van der Waals surface area contributed by atoms with E-state index in [0.717, 1.165) is 43.7 Å². The molecule has 2 fully saturated rings. The van der Waals surface area contributed by atoms with Crippen molar-refractivity contribution in [1.29, 1.82) is 0 Å². The second-order valence-corrected chi connectivity index (χ2v) is 12.2. The summed E-state index contributed by atoms with van der Waals surface area (Å²) in [4.78, 5) is 7.64. The lowest BCUT2D eigenvalue weighted by Crippen LogP contribution is -2.38. The van der Waals surface area contributed by atoms with Gasteiger partial charge in [0.25, 0.3) is 0 Å². The Bertz CT molecular complexity index is 914. The lowest BCUT2D eigenvalue weighted by molar-refractivity contribution is 0.220. The van der Waals surface area contributed by atoms with Crippen molar-refractivity contribution in [3.05, 3.63) is 34.7 Å². The smallest absolute Gasteiger partial charge is 0.185 e. The van der Waals surface area contributed by atoms with Gasteiger partial charge in [-0.25, -0.2) is 10.3 Å². The van der Waals surface area contributed by atoms with Crippen LogP contribution < -0.4 is 10.2 Å². The summed E-state index contributed by atoms with van der Waals surface area (Å²) in [5.41, 5.74) is 6.00. The molecule has 1 aromatic heterocycles. The van der Waals surface area contributed by atoms with Crippen LogP contribution in [0.3, 0.4) is 0 Å². The van der Waals surface area contributed by atoms with Crippen LogP contribution >= 0.6 is 11.3 Å². The first kappa shape index (κ1) is 21.5. The Labute approximate surface area is 192 Å². The molecular weight excluding hydrogens is 398 g/mol. The predicted octanol–water partition coefficient (Wildman–Crippen LogP) is 6.39. The highest BCUT2D eigenvalue weighted by Crippen LogP contribution is 2.47. The zero-order valence-electron chi connectivity index (χ0n) is 19.8. The molecule has 0 bridgehead atoms. The number of thiazole rings is 1. The van der Waals surface area contributed by atoms with Crippen molar-refractivity contribution >= 4 is 16.5 Å². The Morgan fingerprint density at radius 3 is 2.23 bits per heavy atom. The quantitative estimate of drug-likeness (QED) is 0.558. The number of fused-ring (bicyclic) bond motifs is 1. The van der Waals surface area contributed by atoms with E-state index in [4.69, 9.17) is 4.98 Å². The van der Waals surface area contributed by atoms with E-state index in [1.807, 2.05) is 11.3 Å². The maximum absolute atomic E-state index is 5.10. The molecule has 0 amide bonds. The third-order valence-corrected chi connectivity index (χ3v) is 9.33. The molecule has 0 saturated carbocycles. The van der Waals surface area contributed by atoms with Crippen LogP contribution in [0.15, 0.2) is 23.6 Å². The highest BCUT2D eigenvalue weighted by molar-refractivity contribution is 7.14. The van der Waals surface area contributed by atoms with Crippen LogP contribution in [0.5, 0.6) is 0 Å². The number of piperidine rings is 2. The van der Waals surface area contributed by atoms with Crippen LogP contribution in [0.2, 0.25) is 0 Å². The second-order valence-electron chi connectivity index (χ2n) is 11.4. The Kier molecular flexibility index (Phi) is 5.67. The summed E-state index contributed by atoms with van der Waals surface area (Å²) in [6.45, 7) is 14.1. The van der Waals surface area contributed by atoms with Crippen molar-refractivity contribution in [2.45, 2.75) is 77.0 Å². The molecule has 3 heterocycles. The lowest BCUT2D eigenvalue weighted by Gasteiger charge is -2.42. The summed E-state index contributed by atoms with van der Waals surface area (Å²) in [6, 6.07) is 7.13. The first-order chi connectivity index (χ1) is 14.8. The van der Waals surface area contributed by atoms with Crippen LogP contribution in [0.25, 0.3) is 11.3 Å². The molecule has 4 heteroatoms. The lowest BCUT2D eigenvalue weighted by atomic mass is 9.63. The van der Waals surface area contributed by atoms with Crippen LogP contribution in [-0.2, 0) is 10.8 Å². The van der Waals surface area contributed by atoms with Crippen LogP contribution in [0.1, 0.15) is 77.3 Å². The highest BCUT2D eigenvalue weighted by atomic mass is 32.1. The molecule has 0 spiro atoms. The molecule has 0 atom stereocenters. The van der Waals surface area contributed by atoms with E-state index in [2.05, 4.69) is 61.5 Å². The first-order valence-corrected chi connectivity index (χ1v) is 13.2. The monoisotopic (exact) mass is 436 g/mol. The molecule has 167 valence electrons. The molecule has 3 nitrogen and oxygen atoms in total. The molecule has 0 unspecified atom stereocenters. The van der Waals surface area contributed by atoms with Crippen molar-refractivity contribution in [2.24, 2.45) is 11.8 Å². The number of rotatable bonds is 3. The van der Waals surface area contributed by atoms with E-state index in [-0.39, 0.29) is 10.8 Å². The fourth-order valence-electron chi connectivity index (χ4n) is 6.09. The van der Waals surface area contributed by atoms with E-state index in [1.165, 1.54) is 60.3 Å². The molecule has 31 heavy (non-hydrogen) atoms. The maximum Gasteiger partial charge on any atom is 0.185 e. The Morgan fingerprint density at radius 1 is 0.871 bits per heavy atom. The minimum absolute atomic E-state index is 0.244. The summed E-state index contributed by atoms with van der Waals surface area (Å²) in [5.74, 6) is 1.81. The van der Waals surface area contributed by atoms with Gasteiger partial charge in [0.15, 0.2) is 5.13 Å². The summed E-state index contributed by atoms with van der Waals surface area (Å²) in [7, 11) is 0. The van der Waals surface area contributed by atoms with Crippen molar-refractivity contribution in [3.63, 3.8) is 0 Å². The van der Waals surface area contributed by atoms with E-state index in [9.17, 15) is 0 Å². The van der Waals surface area contributed by atoms with E-state index >= 15 is 0 Å². The average Bonchev–Trinajstić information content (AvgIpc) is 3.28. The summed E-state index contributed by atoms with van der Waals surface area (Å²) in [6.07, 6.45) is 7.79. The van der Waals surface area contributed by atoms with Crippen molar-refractivity contribution in [3.8, 4) is 11.3 Å². The van der Waals surface area contributed by atoms with Gasteiger partial charge in [-0.15, -0.1) is 11.3 Å². The minimum Gasteiger partial charge on any atom is -0.348 e. The number of anilines is 1. The zero-order chi connectivity index (χ0) is 21.6. The van der Waals surface area contributed by atoms with Crippen LogP contribution in [0, 0.1) is 11.8 Å². The van der Waals surface area contributed by atoms with E-state index in [0.29, 0.717) is 0 Å². The normalized spacial score (nSPS) is 24.2. The average molecular weight is 437 g/mol. The molecular formula is C27H38N3S. The third-order valence-electron chi connectivity index (χ3n) is 8.43. The fraction of sp³-hybridized carbons (Fsp3) is 0.667. The predicted molar refractivity (Wildman–Crippen MR) is 132 cm³/mol. The van der Waals surface area contributed by atoms with Gasteiger partial charge in [-0.1, -0.05) is 39.8 Å². The zero-order valence-corrected chi connectivity index (χ0v) is 20.6. The summed E-state index contributed by atoms with van der Waals surface area (Å²) < 4.78 is 0. The van der Waals surface area contributed by atoms with Gasteiger partial charge < -0.3 is 4.90 Å². The first-order valence-electron chi connectivity index (χ1n) is 12.3. The van der Waals surface area contributed by atoms with Crippen LogP contribution in [0.4, 0.5) is 5.13 Å². The number of hydrogen-bond donors (Lipinski definition) is 0. The van der Waals surface area contributed by atoms with Gasteiger partial charge in [-0.3, -0.25) is 0 Å². The van der Waals surface area contributed by atoms with Gasteiger partial charge in [0, 0.05) is 37.1 Å². The molecule has 0 N–H and O–H groups in total. The molecule has 2 aliphatic heterocycles. The van der Waals surface area contributed by atoms with Gasteiger partial charge in [-0.2, -0.15) is 0 Å². The molecule has 1 aromatic carbocycles. The van der Waals surface area contributed by atoms with Gasteiger partial charge in [0.05, 0.1) is 5.69 Å². The minimum atomic E-state index is 0.244. The van der Waals surface area contributed by atoms with E-state index < -0.39 is 0 Å². The van der Waals surface area contributed by atoms with Gasteiger partial charge in [-0.05, 0) is 78.4 Å². The Hall–Kier alpha value is -1.39. The van der Waals surface area contributed by atoms with E-state index in [1.54, 1.807) is 0 Å². The van der Waals surface area contributed by atoms with Crippen molar-refractivity contribution < 1.29 is 0 Å². The third kappa shape index (κ3) is 4.18. The number of nitrogens with zero attached hydrogens (tertiary/aromatic N) is 3. The number of hydrogen-bond acceptors (Lipinski definition) is 3. The topological polar surface area (TPSA) is 30.2 Å². The molecule has 3 aliphatic rings. The van der Waals surface area contributed by atoms with Gasteiger partial charge >= 0.3 is 0 Å². The molecule has 1 aliphatic carbocycles. The Morgan fingerprint density at radius 2 is 1.52 bits per heavy atom. The molecule has 5 rings (SSSR count). The number of aromatic nitrogens is 1. The van der Waals surface area contributed by atoms with Crippen molar-refractivity contribution in [2.75, 3.05) is 31.1 Å². The highest BCUT2D eigenvalue weighted by Gasteiger charge is 2.37. The summed E-state index contributed by atoms with van der Waals surface area (Å²) >= 11 is 1.82. The second kappa shape index (κ2) is 8.19. The largest absolute Gasteiger partial charge is 0.348 e. The Balaban J connectivity index is 1.31. The number of benzene rings is 1. The summed E-state index contributed by atoms with van der Waals surface area (Å²) in [5, 5.41) is 8.02. The molecule has 2 saturated heterocycles. The SMILES string of the molecule is CC1(C)CCC(C)(C)c2cc(-c3csc(N4CCC(C5CC[N]CC5)CC4)n3)ccc21. The van der Waals surface area contributed by atoms with Crippen LogP contribution in [-0.4, -0.2) is 31.2 Å².